The van der Waals surface area contributed by atoms with E-state index in [-0.39, 0.29) is 12.8 Å². The van der Waals surface area contributed by atoms with Crippen LogP contribution in [0.2, 0.25) is 0 Å². The standard InChI is InChI=1S/C19H22N4O6S/c1-3-10-28-18(27)13-4-6-14(7-5-13)20-16(25)11-29-17(26)9-8-15(24)21-19-23-22-12(2)30-19/h4-7H,3,8-11H2,1-2H3,(H,20,25)(H,21,23,24). The zero-order valence-corrected chi connectivity index (χ0v) is 17.4. The lowest BCUT2D eigenvalue weighted by Crippen LogP contribution is -2.21. The summed E-state index contributed by atoms with van der Waals surface area (Å²) in [6.07, 6.45) is 0.451. The zero-order valence-electron chi connectivity index (χ0n) is 16.6. The van der Waals surface area contributed by atoms with Gasteiger partial charge in [0, 0.05) is 12.1 Å². The second-order valence-corrected chi connectivity index (χ2v) is 7.28. The number of rotatable bonds is 10. The number of hydrogen-bond donors (Lipinski definition) is 2. The highest BCUT2D eigenvalue weighted by Gasteiger charge is 2.13. The van der Waals surface area contributed by atoms with Gasteiger partial charge in [-0.15, -0.1) is 10.2 Å². The number of amides is 2. The summed E-state index contributed by atoms with van der Waals surface area (Å²) in [6, 6.07) is 6.14. The monoisotopic (exact) mass is 434 g/mol. The van der Waals surface area contributed by atoms with E-state index in [0.29, 0.717) is 28.0 Å². The predicted octanol–water partition coefficient (Wildman–Crippen LogP) is 2.31. The molecule has 0 atom stereocenters. The van der Waals surface area contributed by atoms with Gasteiger partial charge in [0.1, 0.15) is 5.01 Å². The van der Waals surface area contributed by atoms with Crippen LogP contribution in [0.5, 0.6) is 0 Å². The molecule has 2 N–H and O–H groups in total. The molecule has 2 aromatic rings. The van der Waals surface area contributed by atoms with Crippen molar-refractivity contribution >= 4 is 45.9 Å². The number of aryl methyl sites for hydroxylation is 1. The van der Waals surface area contributed by atoms with Crippen molar-refractivity contribution in [2.75, 3.05) is 23.8 Å². The number of ether oxygens (including phenoxy) is 2. The third-order valence-electron chi connectivity index (χ3n) is 3.53. The van der Waals surface area contributed by atoms with Gasteiger partial charge >= 0.3 is 11.9 Å². The third-order valence-corrected chi connectivity index (χ3v) is 4.29. The van der Waals surface area contributed by atoms with Gasteiger partial charge in [-0.25, -0.2) is 4.79 Å². The van der Waals surface area contributed by atoms with E-state index in [1.807, 2.05) is 6.92 Å². The molecule has 0 spiro atoms. The molecule has 30 heavy (non-hydrogen) atoms. The molecule has 0 aliphatic rings. The molecule has 0 aliphatic carbocycles. The number of nitrogens with zero attached hydrogens (tertiary/aromatic N) is 2. The van der Waals surface area contributed by atoms with Crippen molar-refractivity contribution in [3.05, 3.63) is 34.8 Å². The van der Waals surface area contributed by atoms with Crippen LogP contribution in [0, 0.1) is 6.92 Å². The first-order chi connectivity index (χ1) is 14.4. The number of nitrogens with one attached hydrogen (secondary N) is 2. The molecular formula is C19H22N4O6S. The average molecular weight is 434 g/mol. The Morgan fingerprint density at radius 1 is 0.967 bits per heavy atom. The largest absolute Gasteiger partial charge is 0.462 e. The fourth-order valence-electron chi connectivity index (χ4n) is 2.13. The van der Waals surface area contributed by atoms with Crippen LogP contribution in [0.1, 0.15) is 41.6 Å². The van der Waals surface area contributed by atoms with Gasteiger partial charge in [-0.3, -0.25) is 14.4 Å². The van der Waals surface area contributed by atoms with Crippen molar-refractivity contribution < 1.29 is 28.7 Å². The second kappa shape index (κ2) is 11.6. The van der Waals surface area contributed by atoms with Crippen molar-refractivity contribution in [2.24, 2.45) is 0 Å². The first kappa shape index (κ1) is 22.9. The molecule has 0 aliphatic heterocycles. The highest BCUT2D eigenvalue weighted by atomic mass is 32.1. The first-order valence-corrected chi connectivity index (χ1v) is 10.0. The lowest BCUT2D eigenvalue weighted by molar-refractivity contribution is -0.147. The molecule has 0 bridgehead atoms. The van der Waals surface area contributed by atoms with Gasteiger partial charge in [0.2, 0.25) is 11.0 Å². The Morgan fingerprint density at radius 2 is 1.70 bits per heavy atom. The van der Waals surface area contributed by atoms with Gasteiger partial charge in [-0.1, -0.05) is 18.3 Å². The quantitative estimate of drug-likeness (QED) is 0.544. The number of hydrogen-bond acceptors (Lipinski definition) is 9. The molecule has 1 aromatic carbocycles. The maximum atomic E-state index is 11.9. The number of carbonyl (C=O) groups is 4. The van der Waals surface area contributed by atoms with Gasteiger partial charge in [0.15, 0.2) is 6.61 Å². The summed E-state index contributed by atoms with van der Waals surface area (Å²) in [4.78, 5) is 47.1. The summed E-state index contributed by atoms with van der Waals surface area (Å²) in [7, 11) is 0. The molecule has 0 saturated carbocycles. The van der Waals surface area contributed by atoms with Gasteiger partial charge in [0.25, 0.3) is 5.91 Å². The summed E-state index contributed by atoms with van der Waals surface area (Å²) >= 11 is 1.22. The summed E-state index contributed by atoms with van der Waals surface area (Å²) in [5, 5.41) is 13.7. The van der Waals surface area contributed by atoms with Crippen molar-refractivity contribution in [3.8, 4) is 0 Å². The van der Waals surface area contributed by atoms with Gasteiger partial charge < -0.3 is 20.1 Å². The highest BCUT2D eigenvalue weighted by Crippen LogP contribution is 2.14. The number of benzene rings is 1. The summed E-state index contributed by atoms with van der Waals surface area (Å²) in [6.45, 7) is 3.50. The fraction of sp³-hybridized carbons (Fsp3) is 0.368. The summed E-state index contributed by atoms with van der Waals surface area (Å²) in [5.74, 6) is -2.06. The molecule has 0 radical (unpaired) electrons. The van der Waals surface area contributed by atoms with Crippen molar-refractivity contribution in [1.29, 1.82) is 0 Å². The molecule has 10 nitrogen and oxygen atoms in total. The number of anilines is 2. The molecule has 2 amide bonds. The molecule has 2 rings (SSSR count). The van der Waals surface area contributed by atoms with Crippen LogP contribution in [-0.4, -0.2) is 47.2 Å². The molecule has 1 heterocycles. The highest BCUT2D eigenvalue weighted by molar-refractivity contribution is 7.15. The lowest BCUT2D eigenvalue weighted by atomic mass is 10.2. The number of carbonyl (C=O) groups excluding carboxylic acids is 4. The van der Waals surface area contributed by atoms with E-state index < -0.39 is 30.4 Å². The minimum Gasteiger partial charge on any atom is -0.462 e. The second-order valence-electron chi connectivity index (χ2n) is 6.10. The third kappa shape index (κ3) is 7.95. The van der Waals surface area contributed by atoms with Crippen LogP contribution in [0.25, 0.3) is 0 Å². The fourth-order valence-corrected chi connectivity index (χ4v) is 2.74. The van der Waals surface area contributed by atoms with Crippen LogP contribution >= 0.6 is 11.3 Å². The topological polar surface area (TPSA) is 137 Å². The van der Waals surface area contributed by atoms with Crippen LogP contribution in [0.4, 0.5) is 10.8 Å². The van der Waals surface area contributed by atoms with Crippen LogP contribution in [0.15, 0.2) is 24.3 Å². The number of aromatic nitrogens is 2. The normalized spacial score (nSPS) is 10.2. The van der Waals surface area contributed by atoms with E-state index in [9.17, 15) is 19.2 Å². The van der Waals surface area contributed by atoms with Gasteiger partial charge in [-0.05, 0) is 37.6 Å². The lowest BCUT2D eigenvalue weighted by Gasteiger charge is -2.08. The molecular weight excluding hydrogens is 412 g/mol. The molecule has 1 aromatic heterocycles. The maximum absolute atomic E-state index is 11.9. The number of esters is 2. The SMILES string of the molecule is CCCOC(=O)c1ccc(NC(=O)COC(=O)CCC(=O)Nc2nnc(C)s2)cc1. The van der Waals surface area contributed by atoms with Crippen molar-refractivity contribution in [1.82, 2.24) is 10.2 Å². The zero-order chi connectivity index (χ0) is 21.9. The molecule has 0 saturated heterocycles. The Hall–Kier alpha value is -3.34. The Kier molecular flexibility index (Phi) is 8.88. The average Bonchev–Trinajstić information content (AvgIpc) is 3.14. The van der Waals surface area contributed by atoms with E-state index in [2.05, 4.69) is 20.8 Å². The van der Waals surface area contributed by atoms with E-state index in [1.54, 1.807) is 19.1 Å². The Morgan fingerprint density at radius 3 is 2.33 bits per heavy atom. The van der Waals surface area contributed by atoms with Crippen molar-refractivity contribution in [2.45, 2.75) is 33.1 Å². The molecule has 11 heteroatoms. The van der Waals surface area contributed by atoms with Gasteiger partial charge in [0.05, 0.1) is 18.6 Å². The van der Waals surface area contributed by atoms with Crippen LogP contribution in [0.3, 0.4) is 0 Å². The molecule has 0 fully saturated rings. The summed E-state index contributed by atoms with van der Waals surface area (Å²) < 4.78 is 9.88. The van der Waals surface area contributed by atoms with Gasteiger partial charge in [-0.2, -0.15) is 0 Å². The van der Waals surface area contributed by atoms with E-state index in [1.165, 1.54) is 23.5 Å². The van der Waals surface area contributed by atoms with Crippen LogP contribution in [-0.2, 0) is 23.9 Å². The minimum absolute atomic E-state index is 0.103. The first-order valence-electron chi connectivity index (χ1n) is 9.20. The molecule has 160 valence electrons. The Labute approximate surface area is 177 Å². The van der Waals surface area contributed by atoms with Crippen molar-refractivity contribution in [3.63, 3.8) is 0 Å². The maximum Gasteiger partial charge on any atom is 0.338 e. The van der Waals surface area contributed by atoms with Crippen LogP contribution < -0.4 is 10.6 Å². The minimum atomic E-state index is -0.678. The smallest absolute Gasteiger partial charge is 0.338 e. The predicted molar refractivity (Wildman–Crippen MR) is 109 cm³/mol. The van der Waals surface area contributed by atoms with E-state index >= 15 is 0 Å². The molecule has 0 unspecified atom stereocenters. The van der Waals surface area contributed by atoms with E-state index in [4.69, 9.17) is 9.47 Å². The Balaban J connectivity index is 1.67. The summed E-state index contributed by atoms with van der Waals surface area (Å²) in [5.41, 5.74) is 0.810. The van der Waals surface area contributed by atoms with E-state index in [0.717, 1.165) is 6.42 Å². The Bertz CT molecular complexity index is 897.